The Labute approximate surface area is 178 Å². The Balaban J connectivity index is 1.31. The Bertz CT molecular complexity index is 796. The van der Waals surface area contributed by atoms with Crippen molar-refractivity contribution in [1.29, 1.82) is 0 Å². The molecule has 156 valence electrons. The third-order valence-corrected chi connectivity index (χ3v) is 7.80. The maximum atomic E-state index is 12.5. The predicted molar refractivity (Wildman–Crippen MR) is 120 cm³/mol. The van der Waals surface area contributed by atoms with Crippen LogP contribution in [0, 0.1) is 11.8 Å². The van der Waals surface area contributed by atoms with E-state index in [9.17, 15) is 4.79 Å². The van der Waals surface area contributed by atoms with E-state index < -0.39 is 0 Å². The summed E-state index contributed by atoms with van der Waals surface area (Å²) in [6.07, 6.45) is 6.21. The number of fused-ring (bicyclic) bond motifs is 3. The highest BCUT2D eigenvalue weighted by Crippen LogP contribution is 2.38. The number of carbonyl (C=O) groups excluding carboxylic acids is 1. The van der Waals surface area contributed by atoms with E-state index in [-0.39, 0.29) is 6.09 Å². The van der Waals surface area contributed by atoms with Gasteiger partial charge in [-0.15, -0.1) is 11.3 Å². The van der Waals surface area contributed by atoms with Crippen molar-refractivity contribution in [2.24, 2.45) is 11.8 Å². The van der Waals surface area contributed by atoms with Gasteiger partial charge in [0.1, 0.15) is 6.61 Å². The number of hydrogen-bond acceptors (Lipinski definition) is 3. The lowest BCUT2D eigenvalue weighted by Gasteiger charge is -2.52. The normalized spacial score (nSPS) is 25.7. The van der Waals surface area contributed by atoms with Gasteiger partial charge in [-0.1, -0.05) is 43.7 Å². The number of hydrogen-bond donors (Lipinski definition) is 1. The molecule has 2 aromatic rings. The third kappa shape index (κ3) is 4.84. The topological polar surface area (TPSA) is 38.3 Å². The average Bonchev–Trinajstić information content (AvgIpc) is 3.22. The molecule has 3 fully saturated rings. The molecular weight excluding hydrogens is 380 g/mol. The van der Waals surface area contributed by atoms with Crippen LogP contribution >= 0.6 is 11.3 Å². The maximum Gasteiger partial charge on any atom is 0.411 e. The minimum Gasteiger partial charge on any atom is -0.449 e. The molecule has 0 saturated carbocycles. The minimum atomic E-state index is -0.324. The smallest absolute Gasteiger partial charge is 0.411 e. The second kappa shape index (κ2) is 9.31. The van der Waals surface area contributed by atoms with E-state index in [4.69, 9.17) is 4.74 Å². The van der Waals surface area contributed by atoms with Crippen molar-refractivity contribution in [3.05, 3.63) is 41.8 Å². The molecule has 1 amide bonds. The molecule has 1 N–H and O–H groups in total. The average molecular weight is 414 g/mol. The van der Waals surface area contributed by atoms with E-state index >= 15 is 0 Å². The lowest BCUT2D eigenvalue weighted by Crippen LogP contribution is -2.62. The fourth-order valence-electron chi connectivity index (χ4n) is 5.19. The predicted octanol–water partition coefficient (Wildman–Crippen LogP) is 6.01. The van der Waals surface area contributed by atoms with Crippen LogP contribution in [-0.4, -0.2) is 43.4 Å². The molecule has 0 aliphatic carbocycles. The first-order valence-corrected chi connectivity index (χ1v) is 12.0. The molecule has 3 aliphatic heterocycles. The van der Waals surface area contributed by atoms with Crippen LogP contribution in [0.5, 0.6) is 0 Å². The van der Waals surface area contributed by atoms with Crippen LogP contribution < -0.4 is 5.32 Å². The summed E-state index contributed by atoms with van der Waals surface area (Å²) in [5.41, 5.74) is 1.96. The fraction of sp³-hybridized carbons (Fsp3) is 0.542. The van der Waals surface area contributed by atoms with Crippen LogP contribution in [0.15, 0.2) is 41.8 Å². The van der Waals surface area contributed by atoms with E-state index in [0.717, 1.165) is 22.0 Å². The molecular formula is C24H33N2O2S+. The molecule has 1 atom stereocenters. The number of anilines is 1. The molecule has 1 unspecified atom stereocenters. The van der Waals surface area contributed by atoms with E-state index in [2.05, 4.69) is 24.4 Å². The minimum absolute atomic E-state index is 0.324. The highest BCUT2D eigenvalue weighted by molar-refractivity contribution is 7.14. The van der Waals surface area contributed by atoms with Crippen LogP contribution in [0.2, 0.25) is 0 Å². The van der Waals surface area contributed by atoms with Gasteiger partial charge in [0.2, 0.25) is 0 Å². The van der Waals surface area contributed by atoms with Gasteiger partial charge in [-0.2, -0.15) is 0 Å². The summed E-state index contributed by atoms with van der Waals surface area (Å²) in [7, 11) is 0. The number of nitrogens with one attached hydrogen (secondary N) is 1. The number of thiophene rings is 1. The van der Waals surface area contributed by atoms with Crippen molar-refractivity contribution in [1.82, 2.24) is 0 Å². The summed E-state index contributed by atoms with van der Waals surface area (Å²) in [6, 6.07) is 12.1. The number of ether oxygens (including phenoxy) is 1. The Kier molecular flexibility index (Phi) is 6.56. The van der Waals surface area contributed by atoms with Gasteiger partial charge in [0.25, 0.3) is 0 Å². The van der Waals surface area contributed by atoms with Gasteiger partial charge in [-0.3, -0.25) is 5.32 Å². The summed E-state index contributed by atoms with van der Waals surface area (Å²) in [5, 5.41) is 4.98. The first-order valence-electron chi connectivity index (χ1n) is 11.1. The van der Waals surface area contributed by atoms with Gasteiger partial charge >= 0.3 is 6.09 Å². The molecule has 3 aliphatic rings. The lowest BCUT2D eigenvalue weighted by molar-refractivity contribution is -0.947. The molecule has 1 aromatic carbocycles. The molecule has 5 rings (SSSR count). The number of rotatable bonds is 8. The quantitative estimate of drug-likeness (QED) is 0.425. The molecule has 0 spiro atoms. The molecule has 2 bridgehead atoms. The second-order valence-electron chi connectivity index (χ2n) is 8.75. The van der Waals surface area contributed by atoms with Crippen LogP contribution in [0.1, 0.15) is 39.0 Å². The number of piperidine rings is 3. The molecule has 0 radical (unpaired) electrons. The van der Waals surface area contributed by atoms with Crippen LogP contribution in [0.4, 0.5) is 10.5 Å². The zero-order valence-electron chi connectivity index (χ0n) is 17.4. The SMILES string of the molecule is CCCCC[N+]12CCC(CC1)C(COC(=O)Nc1ccsc1-c1ccccc1)C2. The molecule has 5 heteroatoms. The maximum absolute atomic E-state index is 12.5. The van der Waals surface area contributed by atoms with E-state index in [1.807, 2.05) is 29.6 Å². The molecule has 1 aromatic heterocycles. The molecule has 4 heterocycles. The summed E-state index contributed by atoms with van der Waals surface area (Å²) >= 11 is 1.64. The van der Waals surface area contributed by atoms with Gasteiger partial charge in [0.05, 0.1) is 36.7 Å². The molecule has 3 saturated heterocycles. The van der Waals surface area contributed by atoms with Crippen molar-refractivity contribution in [3.8, 4) is 10.4 Å². The van der Waals surface area contributed by atoms with Crippen molar-refractivity contribution in [2.75, 3.05) is 38.1 Å². The number of quaternary nitrogens is 1. The van der Waals surface area contributed by atoms with Gasteiger partial charge in [-0.25, -0.2) is 4.79 Å². The van der Waals surface area contributed by atoms with E-state index in [1.54, 1.807) is 11.3 Å². The van der Waals surface area contributed by atoms with Gasteiger partial charge < -0.3 is 9.22 Å². The first kappa shape index (κ1) is 20.4. The second-order valence-corrected chi connectivity index (χ2v) is 9.67. The Hall–Kier alpha value is -1.85. The number of benzene rings is 1. The number of carbonyl (C=O) groups is 1. The van der Waals surface area contributed by atoms with E-state index in [1.165, 1.54) is 62.8 Å². The monoisotopic (exact) mass is 413 g/mol. The van der Waals surface area contributed by atoms with Crippen molar-refractivity contribution >= 4 is 23.1 Å². The Morgan fingerprint density at radius 2 is 1.97 bits per heavy atom. The number of amides is 1. The van der Waals surface area contributed by atoms with Gasteiger partial charge in [0.15, 0.2) is 0 Å². The van der Waals surface area contributed by atoms with Crippen LogP contribution in [0.3, 0.4) is 0 Å². The largest absolute Gasteiger partial charge is 0.449 e. The summed E-state index contributed by atoms with van der Waals surface area (Å²) in [6.45, 7) is 7.97. The standard InChI is InChI=1S/C24H32N2O2S/c1-2-3-7-13-26-14-10-19(11-15-26)21(17-26)18-28-24(27)25-22-12-16-29-23(22)20-8-5-4-6-9-20/h4-6,8-9,12,16,19,21H,2-3,7,10-11,13-15,17-18H2,1H3/p+1. The van der Waals surface area contributed by atoms with Crippen molar-refractivity contribution in [3.63, 3.8) is 0 Å². The third-order valence-electron chi connectivity index (χ3n) is 6.84. The van der Waals surface area contributed by atoms with Crippen molar-refractivity contribution in [2.45, 2.75) is 39.0 Å². The number of unbranched alkanes of at least 4 members (excludes halogenated alkanes) is 2. The summed E-state index contributed by atoms with van der Waals surface area (Å²) in [5.74, 6) is 1.25. The summed E-state index contributed by atoms with van der Waals surface area (Å²) < 4.78 is 6.97. The zero-order valence-corrected chi connectivity index (χ0v) is 18.3. The Morgan fingerprint density at radius 1 is 1.17 bits per heavy atom. The zero-order chi connectivity index (χ0) is 20.1. The first-order chi connectivity index (χ1) is 14.2. The highest BCUT2D eigenvalue weighted by atomic mass is 32.1. The van der Waals surface area contributed by atoms with Gasteiger partial charge in [-0.05, 0) is 35.8 Å². The fourth-order valence-corrected chi connectivity index (χ4v) is 6.04. The summed E-state index contributed by atoms with van der Waals surface area (Å²) in [4.78, 5) is 13.6. The number of nitrogens with zero attached hydrogens (tertiary/aromatic N) is 1. The lowest BCUT2D eigenvalue weighted by atomic mass is 9.77. The Morgan fingerprint density at radius 3 is 2.72 bits per heavy atom. The van der Waals surface area contributed by atoms with Crippen LogP contribution in [0.25, 0.3) is 10.4 Å². The molecule has 29 heavy (non-hydrogen) atoms. The highest BCUT2D eigenvalue weighted by Gasteiger charge is 2.45. The van der Waals surface area contributed by atoms with E-state index in [0.29, 0.717) is 12.5 Å². The van der Waals surface area contributed by atoms with Crippen LogP contribution in [-0.2, 0) is 4.74 Å². The van der Waals surface area contributed by atoms with Crippen molar-refractivity contribution < 1.29 is 14.0 Å². The van der Waals surface area contributed by atoms with Gasteiger partial charge in [0, 0.05) is 18.8 Å². The molecule has 4 nitrogen and oxygen atoms in total.